The summed E-state index contributed by atoms with van der Waals surface area (Å²) in [5.41, 5.74) is 8.81. The number of aromatic nitrogens is 1. The van der Waals surface area contributed by atoms with Crippen LogP contribution in [-0.4, -0.2) is 30.2 Å². The summed E-state index contributed by atoms with van der Waals surface area (Å²) in [7, 11) is 0. The van der Waals surface area contributed by atoms with E-state index in [0.29, 0.717) is 25.0 Å². The number of hydrogen-bond donors (Lipinski definition) is 2. The predicted octanol–water partition coefficient (Wildman–Crippen LogP) is 5.72. The van der Waals surface area contributed by atoms with E-state index in [1.165, 1.54) is 12.8 Å². The van der Waals surface area contributed by atoms with E-state index in [-0.39, 0.29) is 17.9 Å². The number of ether oxygens (including phenoxy) is 1. The molecule has 1 aliphatic rings. The van der Waals surface area contributed by atoms with Crippen LogP contribution in [0.5, 0.6) is 0 Å². The second kappa shape index (κ2) is 13.4. The SMILES string of the molecule is CC(C)(C)c1csc(=Nc2ccccc2)n1[C@@H](COCc1ccccc1)C(=O)NCC1CCCC(CN)C1. The van der Waals surface area contributed by atoms with Crippen molar-refractivity contribution in [3.8, 4) is 0 Å². The van der Waals surface area contributed by atoms with Gasteiger partial charge in [-0.05, 0) is 55.3 Å². The molecule has 0 radical (unpaired) electrons. The zero-order valence-electron chi connectivity index (χ0n) is 22.9. The first-order valence-corrected chi connectivity index (χ1v) is 14.6. The van der Waals surface area contributed by atoms with Gasteiger partial charge in [-0.3, -0.25) is 4.79 Å². The first-order chi connectivity index (χ1) is 18.3. The van der Waals surface area contributed by atoms with Gasteiger partial charge in [0.05, 0.1) is 18.9 Å². The van der Waals surface area contributed by atoms with Gasteiger partial charge in [0.1, 0.15) is 6.04 Å². The Bertz CT molecular complexity index is 1210. The van der Waals surface area contributed by atoms with E-state index in [2.05, 4.69) is 36.0 Å². The first-order valence-electron chi connectivity index (χ1n) is 13.7. The van der Waals surface area contributed by atoms with E-state index >= 15 is 0 Å². The van der Waals surface area contributed by atoms with E-state index in [1.54, 1.807) is 11.3 Å². The quantitative estimate of drug-likeness (QED) is 0.349. The molecule has 1 fully saturated rings. The lowest BCUT2D eigenvalue weighted by molar-refractivity contribution is -0.126. The van der Waals surface area contributed by atoms with Gasteiger partial charge in [0.25, 0.3) is 0 Å². The van der Waals surface area contributed by atoms with E-state index in [0.717, 1.165) is 41.1 Å². The number of rotatable bonds is 10. The van der Waals surface area contributed by atoms with Gasteiger partial charge in [0, 0.05) is 23.0 Å². The van der Waals surface area contributed by atoms with Crippen LogP contribution >= 0.6 is 11.3 Å². The van der Waals surface area contributed by atoms with E-state index in [1.807, 2.05) is 60.7 Å². The van der Waals surface area contributed by atoms with Gasteiger partial charge < -0.3 is 20.4 Å². The molecular weight excluding hydrogens is 492 g/mol. The van der Waals surface area contributed by atoms with Gasteiger partial charge in [0.2, 0.25) is 5.91 Å². The van der Waals surface area contributed by atoms with Crippen molar-refractivity contribution in [2.24, 2.45) is 22.6 Å². The fourth-order valence-corrected chi connectivity index (χ4v) is 6.33. The van der Waals surface area contributed by atoms with Crippen LogP contribution in [0.2, 0.25) is 0 Å². The van der Waals surface area contributed by atoms with Crippen molar-refractivity contribution in [1.29, 1.82) is 0 Å². The summed E-state index contributed by atoms with van der Waals surface area (Å²) in [5, 5.41) is 5.42. The second-order valence-corrected chi connectivity index (χ2v) is 12.2. The zero-order chi connectivity index (χ0) is 27.0. The summed E-state index contributed by atoms with van der Waals surface area (Å²) < 4.78 is 8.29. The van der Waals surface area contributed by atoms with Gasteiger partial charge in [0.15, 0.2) is 4.80 Å². The molecule has 0 saturated heterocycles. The van der Waals surface area contributed by atoms with Crippen LogP contribution in [0, 0.1) is 11.8 Å². The van der Waals surface area contributed by atoms with Crippen molar-refractivity contribution in [3.63, 3.8) is 0 Å². The number of amides is 1. The number of nitrogens with zero attached hydrogens (tertiary/aromatic N) is 2. The summed E-state index contributed by atoms with van der Waals surface area (Å²) in [6.45, 7) is 8.63. The molecular formula is C31H42N4O2S. The summed E-state index contributed by atoms with van der Waals surface area (Å²) in [6.07, 6.45) is 4.60. The van der Waals surface area contributed by atoms with Crippen LogP contribution in [0.4, 0.5) is 5.69 Å². The number of nitrogens with two attached hydrogens (primary N) is 1. The number of carbonyl (C=O) groups excluding carboxylic acids is 1. The van der Waals surface area contributed by atoms with E-state index in [9.17, 15) is 4.79 Å². The minimum absolute atomic E-state index is 0.0219. The van der Waals surface area contributed by atoms with E-state index in [4.69, 9.17) is 15.5 Å². The third kappa shape index (κ3) is 7.65. The van der Waals surface area contributed by atoms with E-state index < -0.39 is 6.04 Å². The zero-order valence-corrected chi connectivity index (χ0v) is 23.8. The molecule has 7 heteroatoms. The number of para-hydroxylation sites is 1. The highest BCUT2D eigenvalue weighted by atomic mass is 32.1. The molecule has 204 valence electrons. The lowest BCUT2D eigenvalue weighted by Crippen LogP contribution is -2.42. The Hall–Kier alpha value is -2.74. The molecule has 2 aromatic carbocycles. The molecule has 1 amide bonds. The summed E-state index contributed by atoms with van der Waals surface area (Å²) in [4.78, 5) is 19.6. The Morgan fingerprint density at radius 2 is 1.79 bits per heavy atom. The standard InChI is InChI=1S/C31H42N4O2S/c1-31(2,3)28-22-38-30(34-26-15-8-5-9-16-26)35(28)27(21-37-20-23-11-6-4-7-12-23)29(36)33-19-25-14-10-13-24(17-25)18-32/h4-9,11-12,15-16,22,24-25,27H,10,13-14,17-21,32H2,1-3H3,(H,33,36)/t24?,25?,27-/m0/s1. The number of nitrogens with one attached hydrogen (secondary N) is 1. The van der Waals surface area contributed by atoms with Crippen molar-refractivity contribution >= 4 is 22.9 Å². The number of hydrogen-bond acceptors (Lipinski definition) is 5. The highest BCUT2D eigenvalue weighted by Gasteiger charge is 2.30. The molecule has 3 aromatic rings. The minimum atomic E-state index is -0.532. The molecule has 0 aliphatic heterocycles. The summed E-state index contributed by atoms with van der Waals surface area (Å²) >= 11 is 1.57. The highest BCUT2D eigenvalue weighted by molar-refractivity contribution is 7.07. The van der Waals surface area contributed by atoms with Gasteiger partial charge in [-0.25, -0.2) is 4.99 Å². The molecule has 2 unspecified atom stereocenters. The molecule has 0 bridgehead atoms. The van der Waals surface area contributed by atoms with Crippen LogP contribution in [-0.2, 0) is 21.6 Å². The lowest BCUT2D eigenvalue weighted by atomic mass is 9.81. The number of thiazole rings is 1. The van der Waals surface area contributed by atoms with Crippen LogP contribution in [0.3, 0.4) is 0 Å². The molecule has 3 atom stereocenters. The van der Waals surface area contributed by atoms with Gasteiger partial charge in [-0.2, -0.15) is 0 Å². The second-order valence-electron chi connectivity index (χ2n) is 11.4. The average molecular weight is 535 g/mol. The Morgan fingerprint density at radius 3 is 2.47 bits per heavy atom. The van der Waals surface area contributed by atoms with Crippen LogP contribution in [0.25, 0.3) is 0 Å². The molecule has 1 aliphatic carbocycles. The maximum absolute atomic E-state index is 13.9. The molecule has 1 aromatic heterocycles. The molecule has 3 N–H and O–H groups in total. The molecule has 6 nitrogen and oxygen atoms in total. The number of carbonyl (C=O) groups is 1. The van der Waals surface area contributed by atoms with Crippen molar-refractivity contribution in [2.75, 3.05) is 19.7 Å². The monoisotopic (exact) mass is 534 g/mol. The fourth-order valence-electron chi connectivity index (χ4n) is 5.15. The molecule has 38 heavy (non-hydrogen) atoms. The Labute approximate surface area is 231 Å². The summed E-state index contributed by atoms with van der Waals surface area (Å²) in [5.74, 6) is 1.01. The highest BCUT2D eigenvalue weighted by Crippen LogP contribution is 2.29. The molecule has 0 spiro atoms. The van der Waals surface area contributed by atoms with Crippen LogP contribution in [0.1, 0.15) is 63.8 Å². The third-order valence-corrected chi connectivity index (χ3v) is 8.12. The Balaban J connectivity index is 1.63. The van der Waals surface area contributed by atoms with Gasteiger partial charge >= 0.3 is 0 Å². The van der Waals surface area contributed by atoms with Crippen molar-refractivity contribution < 1.29 is 9.53 Å². The van der Waals surface area contributed by atoms with Crippen LogP contribution in [0.15, 0.2) is 71.0 Å². The normalized spacial score (nSPS) is 19.3. The summed E-state index contributed by atoms with van der Waals surface area (Å²) in [6, 6.07) is 19.5. The van der Waals surface area contributed by atoms with Gasteiger partial charge in [-0.15, -0.1) is 11.3 Å². The van der Waals surface area contributed by atoms with Crippen molar-refractivity contribution in [2.45, 2.75) is 64.5 Å². The average Bonchev–Trinajstić information content (AvgIpc) is 3.34. The van der Waals surface area contributed by atoms with Crippen molar-refractivity contribution in [1.82, 2.24) is 9.88 Å². The lowest BCUT2D eigenvalue weighted by Gasteiger charge is -2.30. The minimum Gasteiger partial charge on any atom is -0.374 e. The molecule has 1 heterocycles. The third-order valence-electron chi connectivity index (χ3n) is 7.28. The van der Waals surface area contributed by atoms with Crippen molar-refractivity contribution in [3.05, 3.63) is 82.1 Å². The topological polar surface area (TPSA) is 81.6 Å². The van der Waals surface area contributed by atoms with Gasteiger partial charge in [-0.1, -0.05) is 75.7 Å². The smallest absolute Gasteiger partial charge is 0.245 e. The predicted molar refractivity (Wildman–Crippen MR) is 155 cm³/mol. The molecule has 1 saturated carbocycles. The van der Waals surface area contributed by atoms with Crippen LogP contribution < -0.4 is 15.9 Å². The number of benzene rings is 2. The fraction of sp³-hybridized carbons (Fsp3) is 0.484. The largest absolute Gasteiger partial charge is 0.374 e. The first kappa shape index (κ1) is 28.3. The Morgan fingerprint density at radius 1 is 1.11 bits per heavy atom. The molecule has 4 rings (SSSR count). The maximum atomic E-state index is 13.9. The Kier molecular flexibility index (Phi) is 9.94. The maximum Gasteiger partial charge on any atom is 0.245 e.